The number of hydrogen-bond acceptors (Lipinski definition) is 5. The Morgan fingerprint density at radius 3 is 2.62 bits per heavy atom. The van der Waals surface area contributed by atoms with Crippen molar-refractivity contribution in [2.45, 2.75) is 20.8 Å². The first kappa shape index (κ1) is 19.4. The SMILES string of the molecule is C=C(NCC#Cc1nccs1)C(=O)NCC(=C/C)/C(=C\C)C(C)=O. The molecule has 0 fully saturated rings. The third-order valence-corrected chi connectivity index (χ3v) is 3.78. The molecular formula is C18H21N3O2S. The van der Waals surface area contributed by atoms with Crippen LogP contribution >= 0.6 is 11.3 Å². The molecule has 0 spiro atoms. The highest BCUT2D eigenvalue weighted by atomic mass is 32.1. The van der Waals surface area contributed by atoms with Gasteiger partial charge in [0.2, 0.25) is 0 Å². The molecule has 0 saturated carbocycles. The minimum atomic E-state index is -0.329. The van der Waals surface area contributed by atoms with E-state index >= 15 is 0 Å². The van der Waals surface area contributed by atoms with Crippen molar-refractivity contribution >= 4 is 23.0 Å². The zero-order valence-electron chi connectivity index (χ0n) is 14.1. The highest BCUT2D eigenvalue weighted by Crippen LogP contribution is 2.10. The van der Waals surface area contributed by atoms with E-state index in [-0.39, 0.29) is 23.9 Å². The van der Waals surface area contributed by atoms with Crippen molar-refractivity contribution in [3.8, 4) is 11.8 Å². The van der Waals surface area contributed by atoms with Gasteiger partial charge in [-0.3, -0.25) is 9.59 Å². The Morgan fingerprint density at radius 2 is 2.08 bits per heavy atom. The number of Topliss-reactive ketones (excluding diaryl/α,β-unsaturated/α-hetero) is 1. The van der Waals surface area contributed by atoms with Crippen LogP contribution < -0.4 is 10.6 Å². The van der Waals surface area contributed by atoms with Crippen LogP contribution in [0.25, 0.3) is 0 Å². The van der Waals surface area contributed by atoms with E-state index in [1.54, 1.807) is 19.2 Å². The first-order valence-corrected chi connectivity index (χ1v) is 8.29. The molecule has 1 heterocycles. The molecule has 1 aromatic heterocycles. The van der Waals surface area contributed by atoms with Crippen molar-refractivity contribution in [3.05, 3.63) is 52.2 Å². The summed E-state index contributed by atoms with van der Waals surface area (Å²) < 4.78 is 0. The minimum Gasteiger partial charge on any atom is -0.370 e. The topological polar surface area (TPSA) is 71.1 Å². The molecular weight excluding hydrogens is 322 g/mol. The Hall–Kier alpha value is -2.65. The molecule has 0 aliphatic carbocycles. The second-order valence-corrected chi connectivity index (χ2v) is 5.62. The van der Waals surface area contributed by atoms with E-state index in [0.717, 1.165) is 10.6 Å². The molecule has 0 aliphatic rings. The molecule has 6 heteroatoms. The maximum absolute atomic E-state index is 12.0. The normalized spacial score (nSPS) is 11.3. The molecule has 1 aromatic rings. The fraction of sp³-hybridized carbons (Fsp3) is 0.278. The van der Waals surface area contributed by atoms with Gasteiger partial charge >= 0.3 is 0 Å². The molecule has 0 aliphatic heterocycles. The van der Waals surface area contributed by atoms with Gasteiger partial charge < -0.3 is 10.6 Å². The highest BCUT2D eigenvalue weighted by molar-refractivity contribution is 7.10. The molecule has 0 radical (unpaired) electrons. The van der Waals surface area contributed by atoms with E-state index in [1.807, 2.05) is 18.4 Å². The van der Waals surface area contributed by atoms with Crippen LogP contribution in [0.1, 0.15) is 25.8 Å². The van der Waals surface area contributed by atoms with Crippen LogP contribution in [0.15, 0.2) is 47.2 Å². The van der Waals surface area contributed by atoms with Crippen LogP contribution in [0.2, 0.25) is 0 Å². The number of amides is 1. The Morgan fingerprint density at radius 1 is 1.33 bits per heavy atom. The van der Waals surface area contributed by atoms with Crippen molar-refractivity contribution in [1.82, 2.24) is 15.6 Å². The van der Waals surface area contributed by atoms with Gasteiger partial charge in [0, 0.05) is 23.7 Å². The Balaban J connectivity index is 2.46. The summed E-state index contributed by atoms with van der Waals surface area (Å²) in [5.74, 6) is 5.39. The van der Waals surface area contributed by atoms with Gasteiger partial charge in [-0.15, -0.1) is 11.3 Å². The Bertz CT molecular complexity index is 719. The average molecular weight is 343 g/mol. The zero-order chi connectivity index (χ0) is 17.9. The molecule has 0 bridgehead atoms. The lowest BCUT2D eigenvalue weighted by Crippen LogP contribution is -2.33. The molecule has 24 heavy (non-hydrogen) atoms. The van der Waals surface area contributed by atoms with Crippen LogP contribution in [-0.2, 0) is 9.59 Å². The quantitative estimate of drug-likeness (QED) is 0.452. The lowest BCUT2D eigenvalue weighted by molar-refractivity contribution is -0.118. The lowest BCUT2D eigenvalue weighted by atomic mass is 10.0. The van der Waals surface area contributed by atoms with Gasteiger partial charge in [0.1, 0.15) is 0 Å². The maximum atomic E-state index is 12.0. The number of carbonyl (C=O) groups excluding carboxylic acids is 2. The van der Waals surface area contributed by atoms with E-state index in [4.69, 9.17) is 0 Å². The van der Waals surface area contributed by atoms with Crippen molar-refractivity contribution in [2.24, 2.45) is 0 Å². The predicted molar refractivity (Wildman–Crippen MR) is 97.3 cm³/mol. The number of rotatable bonds is 7. The van der Waals surface area contributed by atoms with Gasteiger partial charge in [0.25, 0.3) is 5.91 Å². The number of thiazole rings is 1. The molecule has 1 amide bonds. The monoisotopic (exact) mass is 343 g/mol. The third-order valence-electron chi connectivity index (χ3n) is 3.09. The number of ketones is 1. The van der Waals surface area contributed by atoms with Gasteiger partial charge in [0.05, 0.1) is 12.2 Å². The van der Waals surface area contributed by atoms with Gasteiger partial charge in [-0.1, -0.05) is 24.7 Å². The lowest BCUT2D eigenvalue weighted by Gasteiger charge is -2.12. The van der Waals surface area contributed by atoms with E-state index in [9.17, 15) is 9.59 Å². The number of allylic oxidation sites excluding steroid dienone is 2. The standard InChI is InChI=1S/C18H21N3O2S/c1-5-15(16(6-2)14(4)22)12-21-18(23)13(3)19-9-7-8-17-20-10-11-24-17/h5-6,10-11,19H,3,9,12H2,1-2,4H3,(H,21,23)/b15-5-,16-6-. The van der Waals surface area contributed by atoms with Crippen molar-refractivity contribution in [3.63, 3.8) is 0 Å². The first-order valence-electron chi connectivity index (χ1n) is 7.41. The van der Waals surface area contributed by atoms with Crippen LogP contribution in [0.5, 0.6) is 0 Å². The summed E-state index contributed by atoms with van der Waals surface area (Å²) in [6.45, 7) is 9.38. The molecule has 0 aromatic carbocycles. The van der Waals surface area contributed by atoms with Crippen molar-refractivity contribution in [2.75, 3.05) is 13.1 Å². The Labute approximate surface area is 146 Å². The summed E-state index contributed by atoms with van der Waals surface area (Å²) >= 11 is 1.46. The molecule has 0 unspecified atom stereocenters. The number of nitrogens with one attached hydrogen (secondary N) is 2. The summed E-state index contributed by atoms with van der Waals surface area (Å²) in [5.41, 5.74) is 1.60. The molecule has 2 N–H and O–H groups in total. The number of carbonyl (C=O) groups is 2. The third kappa shape index (κ3) is 6.23. The fourth-order valence-corrected chi connectivity index (χ4v) is 2.39. The van der Waals surface area contributed by atoms with Gasteiger partial charge in [-0.25, -0.2) is 4.98 Å². The van der Waals surface area contributed by atoms with Crippen molar-refractivity contribution < 1.29 is 9.59 Å². The van der Waals surface area contributed by atoms with Gasteiger partial charge in [0.15, 0.2) is 10.8 Å². The zero-order valence-corrected chi connectivity index (χ0v) is 14.9. The van der Waals surface area contributed by atoms with E-state index < -0.39 is 0 Å². The van der Waals surface area contributed by atoms with Crippen LogP contribution in [-0.4, -0.2) is 29.8 Å². The average Bonchev–Trinajstić information content (AvgIpc) is 3.07. The van der Waals surface area contributed by atoms with E-state index in [1.165, 1.54) is 18.3 Å². The van der Waals surface area contributed by atoms with Crippen LogP contribution in [0.4, 0.5) is 0 Å². The van der Waals surface area contributed by atoms with Gasteiger partial charge in [-0.2, -0.15) is 0 Å². The summed E-state index contributed by atoms with van der Waals surface area (Å²) in [7, 11) is 0. The van der Waals surface area contributed by atoms with Crippen LogP contribution in [0.3, 0.4) is 0 Å². The number of hydrogen-bond donors (Lipinski definition) is 2. The molecule has 0 atom stereocenters. The predicted octanol–water partition coefficient (Wildman–Crippen LogP) is 2.20. The molecule has 5 nitrogen and oxygen atoms in total. The molecule has 1 rings (SSSR count). The second-order valence-electron chi connectivity index (χ2n) is 4.73. The van der Waals surface area contributed by atoms with Crippen LogP contribution in [0, 0.1) is 11.8 Å². The second kappa shape index (κ2) is 10.2. The van der Waals surface area contributed by atoms with Gasteiger partial charge in [-0.05, 0) is 32.3 Å². The summed E-state index contributed by atoms with van der Waals surface area (Å²) in [5, 5.41) is 8.16. The molecule has 126 valence electrons. The minimum absolute atomic E-state index is 0.0331. The number of aromatic nitrogens is 1. The fourth-order valence-electron chi connectivity index (χ4n) is 1.89. The Kier molecular flexibility index (Phi) is 8.23. The summed E-state index contributed by atoms with van der Waals surface area (Å²) in [6.07, 6.45) is 5.24. The highest BCUT2D eigenvalue weighted by Gasteiger charge is 2.11. The smallest absolute Gasteiger partial charge is 0.267 e. The van der Waals surface area contributed by atoms with Crippen molar-refractivity contribution in [1.29, 1.82) is 0 Å². The first-order chi connectivity index (χ1) is 11.5. The molecule has 0 saturated heterocycles. The van der Waals surface area contributed by atoms with E-state index in [2.05, 4.69) is 34.0 Å². The number of nitrogens with zero attached hydrogens (tertiary/aromatic N) is 1. The maximum Gasteiger partial charge on any atom is 0.267 e. The summed E-state index contributed by atoms with van der Waals surface area (Å²) in [6, 6.07) is 0. The van der Waals surface area contributed by atoms with E-state index in [0.29, 0.717) is 12.1 Å². The largest absolute Gasteiger partial charge is 0.370 e. The summed E-state index contributed by atoms with van der Waals surface area (Å²) in [4.78, 5) is 27.6.